The third kappa shape index (κ3) is 5.57. The van der Waals surface area contributed by atoms with Crippen molar-refractivity contribution in [3.8, 4) is 6.07 Å². The average molecular weight is 434 g/mol. The molecule has 2 heterocycles. The summed E-state index contributed by atoms with van der Waals surface area (Å²) < 4.78 is 13.7. The smallest absolute Gasteiger partial charge is 0.224 e. The van der Waals surface area contributed by atoms with E-state index in [9.17, 15) is 9.18 Å². The summed E-state index contributed by atoms with van der Waals surface area (Å²) in [5.74, 6) is -0.104. The number of carbonyl (C=O) groups excluding carboxylic acids is 1. The summed E-state index contributed by atoms with van der Waals surface area (Å²) in [6.07, 6.45) is 1.35. The number of nitrogens with zero attached hydrogens (tertiary/aromatic N) is 3. The van der Waals surface area contributed by atoms with Gasteiger partial charge >= 0.3 is 0 Å². The highest BCUT2D eigenvalue weighted by molar-refractivity contribution is 7.10. The van der Waals surface area contributed by atoms with Crippen LogP contribution >= 0.6 is 11.3 Å². The van der Waals surface area contributed by atoms with Gasteiger partial charge in [-0.1, -0.05) is 24.3 Å². The molecule has 0 spiro atoms. The van der Waals surface area contributed by atoms with Crippen molar-refractivity contribution in [1.82, 2.24) is 9.80 Å². The maximum atomic E-state index is 13.7. The number of nitriles is 1. The summed E-state index contributed by atoms with van der Waals surface area (Å²) in [7, 11) is 0. The Morgan fingerprint density at radius 3 is 2.71 bits per heavy atom. The zero-order valence-corrected chi connectivity index (χ0v) is 18.1. The molecule has 0 unspecified atom stereocenters. The summed E-state index contributed by atoms with van der Waals surface area (Å²) >= 11 is 1.77. The minimum Gasteiger partial charge on any atom is -0.338 e. The monoisotopic (exact) mass is 433 g/mol. The van der Waals surface area contributed by atoms with Gasteiger partial charge in [0.05, 0.1) is 11.6 Å². The third-order valence-corrected chi connectivity index (χ3v) is 6.61. The standard InChI is InChI=1S/C25H24FN3OS/c26-23-3-1-2-21(14-23)17-28(16-20-6-4-19(15-27)5-7-20)11-9-25(30)29-12-8-24-22(18-29)10-13-31-24/h1-7,10,13-14H,8-9,11-12,16-18H2. The molecule has 0 saturated carbocycles. The van der Waals surface area contributed by atoms with E-state index in [-0.39, 0.29) is 11.7 Å². The first-order chi connectivity index (χ1) is 15.1. The van der Waals surface area contributed by atoms with Crippen molar-refractivity contribution in [3.63, 3.8) is 0 Å². The highest BCUT2D eigenvalue weighted by atomic mass is 32.1. The lowest BCUT2D eigenvalue weighted by Crippen LogP contribution is -2.37. The van der Waals surface area contributed by atoms with Crippen molar-refractivity contribution in [2.45, 2.75) is 32.5 Å². The fourth-order valence-electron chi connectivity index (χ4n) is 3.92. The summed E-state index contributed by atoms with van der Waals surface area (Å²) in [4.78, 5) is 18.4. The molecule has 1 aromatic heterocycles. The Balaban J connectivity index is 1.42. The van der Waals surface area contributed by atoms with Crippen molar-refractivity contribution in [1.29, 1.82) is 5.26 Å². The van der Waals surface area contributed by atoms with E-state index in [0.717, 1.165) is 24.1 Å². The first-order valence-corrected chi connectivity index (χ1v) is 11.3. The van der Waals surface area contributed by atoms with E-state index in [2.05, 4.69) is 22.4 Å². The predicted octanol–water partition coefficient (Wildman–Crippen LogP) is 4.74. The minimum absolute atomic E-state index is 0.154. The van der Waals surface area contributed by atoms with Crippen LogP contribution in [0.2, 0.25) is 0 Å². The zero-order valence-electron chi connectivity index (χ0n) is 17.3. The summed E-state index contributed by atoms with van der Waals surface area (Å²) in [5.41, 5.74) is 3.82. The first kappa shape index (κ1) is 21.2. The number of carbonyl (C=O) groups is 1. The van der Waals surface area contributed by atoms with Crippen LogP contribution < -0.4 is 0 Å². The molecule has 1 amide bonds. The molecule has 2 aromatic carbocycles. The van der Waals surface area contributed by atoms with Crippen LogP contribution in [0.3, 0.4) is 0 Å². The largest absolute Gasteiger partial charge is 0.338 e. The summed E-state index contributed by atoms with van der Waals surface area (Å²) in [6.45, 7) is 3.23. The molecule has 6 heteroatoms. The Hall–Kier alpha value is -3.01. The fraction of sp³-hybridized carbons (Fsp3) is 0.280. The van der Waals surface area contributed by atoms with Gasteiger partial charge in [-0.15, -0.1) is 11.3 Å². The van der Waals surface area contributed by atoms with Crippen molar-refractivity contribution < 1.29 is 9.18 Å². The van der Waals surface area contributed by atoms with Gasteiger partial charge in [0.1, 0.15) is 5.82 Å². The predicted molar refractivity (Wildman–Crippen MR) is 120 cm³/mol. The minimum atomic E-state index is -0.258. The number of thiophene rings is 1. The first-order valence-electron chi connectivity index (χ1n) is 10.4. The molecule has 4 nitrogen and oxygen atoms in total. The molecule has 4 rings (SSSR count). The molecule has 0 radical (unpaired) electrons. The SMILES string of the molecule is N#Cc1ccc(CN(CCC(=O)N2CCc3sccc3C2)Cc2cccc(F)c2)cc1. The van der Waals surface area contributed by atoms with E-state index in [1.165, 1.54) is 22.6 Å². The molecular formula is C25H24FN3OS. The summed E-state index contributed by atoms with van der Waals surface area (Å²) in [6, 6.07) is 18.3. The van der Waals surface area contributed by atoms with Gasteiger partial charge in [0.15, 0.2) is 0 Å². The van der Waals surface area contributed by atoms with Crippen molar-refractivity contribution >= 4 is 17.2 Å². The van der Waals surface area contributed by atoms with Gasteiger partial charge in [-0.05, 0) is 58.8 Å². The topological polar surface area (TPSA) is 47.3 Å². The van der Waals surface area contributed by atoms with Gasteiger partial charge in [-0.25, -0.2) is 4.39 Å². The van der Waals surface area contributed by atoms with Gasteiger partial charge in [0.2, 0.25) is 5.91 Å². The van der Waals surface area contributed by atoms with E-state index >= 15 is 0 Å². The van der Waals surface area contributed by atoms with Crippen molar-refractivity contribution in [3.05, 3.63) is 92.9 Å². The highest BCUT2D eigenvalue weighted by Gasteiger charge is 2.22. The van der Waals surface area contributed by atoms with Gasteiger partial charge < -0.3 is 4.90 Å². The van der Waals surface area contributed by atoms with Crippen LogP contribution in [0.1, 0.15) is 33.6 Å². The number of halogens is 1. The third-order valence-electron chi connectivity index (χ3n) is 5.59. The van der Waals surface area contributed by atoms with Crippen molar-refractivity contribution in [2.75, 3.05) is 13.1 Å². The van der Waals surface area contributed by atoms with Gasteiger partial charge in [0, 0.05) is 44.0 Å². The molecule has 0 atom stereocenters. The number of hydrogen-bond donors (Lipinski definition) is 0. The molecule has 0 bridgehead atoms. The van der Waals surface area contributed by atoms with Gasteiger partial charge in [-0.2, -0.15) is 5.26 Å². The van der Waals surface area contributed by atoms with Crippen LogP contribution in [0.4, 0.5) is 4.39 Å². The molecule has 0 saturated heterocycles. The lowest BCUT2D eigenvalue weighted by atomic mass is 10.1. The number of benzene rings is 2. The van der Waals surface area contributed by atoms with Crippen LogP contribution in [0.25, 0.3) is 0 Å². The quantitative estimate of drug-likeness (QED) is 0.541. The van der Waals surface area contributed by atoms with E-state index in [1.807, 2.05) is 23.1 Å². The summed E-state index contributed by atoms with van der Waals surface area (Å²) in [5, 5.41) is 11.1. The second-order valence-electron chi connectivity index (χ2n) is 7.83. The molecule has 3 aromatic rings. The fourth-order valence-corrected chi connectivity index (χ4v) is 4.81. The lowest BCUT2D eigenvalue weighted by Gasteiger charge is -2.29. The lowest BCUT2D eigenvalue weighted by molar-refractivity contribution is -0.132. The number of amides is 1. The molecule has 0 N–H and O–H groups in total. The van der Waals surface area contributed by atoms with E-state index in [4.69, 9.17) is 5.26 Å². The van der Waals surface area contributed by atoms with Crippen LogP contribution in [0, 0.1) is 17.1 Å². The molecular weight excluding hydrogens is 409 g/mol. The molecule has 1 aliphatic heterocycles. The van der Waals surface area contributed by atoms with Crippen LogP contribution in [0.5, 0.6) is 0 Å². The number of hydrogen-bond acceptors (Lipinski definition) is 4. The Kier molecular flexibility index (Phi) is 6.76. The second kappa shape index (κ2) is 9.86. The Bertz CT molecular complexity index is 1090. The van der Waals surface area contributed by atoms with Crippen molar-refractivity contribution in [2.24, 2.45) is 0 Å². The Labute approximate surface area is 186 Å². The number of rotatable bonds is 7. The molecule has 158 valence electrons. The maximum Gasteiger partial charge on any atom is 0.224 e. The van der Waals surface area contributed by atoms with Gasteiger partial charge in [-0.3, -0.25) is 9.69 Å². The zero-order chi connectivity index (χ0) is 21.6. The maximum absolute atomic E-state index is 13.7. The number of fused-ring (bicyclic) bond motifs is 1. The van der Waals surface area contributed by atoms with E-state index in [0.29, 0.717) is 38.2 Å². The normalized spacial score (nSPS) is 13.1. The van der Waals surface area contributed by atoms with Crippen LogP contribution in [-0.4, -0.2) is 28.8 Å². The van der Waals surface area contributed by atoms with Crippen LogP contribution in [0.15, 0.2) is 60.0 Å². The van der Waals surface area contributed by atoms with E-state index < -0.39 is 0 Å². The Morgan fingerprint density at radius 2 is 1.94 bits per heavy atom. The molecule has 31 heavy (non-hydrogen) atoms. The average Bonchev–Trinajstić information content (AvgIpc) is 3.26. The second-order valence-corrected chi connectivity index (χ2v) is 8.83. The van der Waals surface area contributed by atoms with Gasteiger partial charge in [0.25, 0.3) is 0 Å². The molecule has 0 aliphatic carbocycles. The molecule has 1 aliphatic rings. The van der Waals surface area contributed by atoms with Crippen LogP contribution in [-0.2, 0) is 30.8 Å². The molecule has 0 fully saturated rings. The highest BCUT2D eigenvalue weighted by Crippen LogP contribution is 2.24. The van der Waals surface area contributed by atoms with E-state index in [1.54, 1.807) is 29.5 Å². The Morgan fingerprint density at radius 1 is 1.13 bits per heavy atom.